The van der Waals surface area contributed by atoms with Crippen LogP contribution < -0.4 is 10.2 Å². The molecule has 6 nitrogen and oxygen atoms in total. The maximum Gasteiger partial charge on any atom is 0.501 e. The van der Waals surface area contributed by atoms with Gasteiger partial charge in [0.1, 0.15) is 0 Å². The lowest BCUT2D eigenvalue weighted by molar-refractivity contribution is -0.0436. The number of anilines is 2. The predicted molar refractivity (Wildman–Crippen MR) is 105 cm³/mol. The van der Waals surface area contributed by atoms with Crippen LogP contribution in [0.25, 0.3) is 0 Å². The van der Waals surface area contributed by atoms with Crippen LogP contribution in [0.5, 0.6) is 0 Å². The highest BCUT2D eigenvalue weighted by molar-refractivity contribution is 7.92. The van der Waals surface area contributed by atoms with Gasteiger partial charge in [0.2, 0.25) is 0 Å². The number of hydrogen-bond acceptors (Lipinski definition) is 6. The fraction of sp³-hybridized carbons (Fsp3) is 0.421. The smallest absolute Gasteiger partial charge is 0.387 e. The Balaban J connectivity index is 1.80. The van der Waals surface area contributed by atoms with E-state index in [1.807, 2.05) is 18.0 Å². The Morgan fingerprint density at radius 3 is 2.41 bits per heavy atom. The Morgan fingerprint density at radius 2 is 1.83 bits per heavy atom. The van der Waals surface area contributed by atoms with Crippen LogP contribution in [0.4, 0.5) is 24.5 Å². The third-order valence-corrected chi connectivity index (χ3v) is 6.64. The van der Waals surface area contributed by atoms with E-state index in [1.165, 1.54) is 12.1 Å². The molecule has 0 unspecified atom stereocenters. The summed E-state index contributed by atoms with van der Waals surface area (Å²) in [5.74, 6) is 0. The minimum absolute atomic E-state index is 0.189. The third kappa shape index (κ3) is 4.18. The number of halogens is 3. The van der Waals surface area contributed by atoms with Crippen molar-refractivity contribution >= 4 is 21.2 Å². The fourth-order valence-electron chi connectivity index (χ4n) is 3.41. The van der Waals surface area contributed by atoms with Crippen molar-refractivity contribution in [2.24, 2.45) is 0 Å². The molecule has 1 fully saturated rings. The van der Waals surface area contributed by atoms with Gasteiger partial charge in [-0.15, -0.1) is 0 Å². The molecule has 2 aromatic rings. The normalized spacial score (nSPS) is 17.5. The van der Waals surface area contributed by atoms with Crippen molar-refractivity contribution in [1.82, 2.24) is 9.88 Å². The van der Waals surface area contributed by atoms with Crippen molar-refractivity contribution in [3.8, 4) is 0 Å². The molecule has 158 valence electrons. The predicted octanol–water partition coefficient (Wildman–Crippen LogP) is 3.48. The maximum atomic E-state index is 12.7. The zero-order valence-corrected chi connectivity index (χ0v) is 17.2. The van der Waals surface area contributed by atoms with Crippen LogP contribution >= 0.6 is 0 Å². The number of rotatable bonds is 5. The van der Waals surface area contributed by atoms with Crippen LogP contribution in [0.3, 0.4) is 0 Å². The lowest BCUT2D eigenvalue weighted by atomic mass is 10.0. The second-order valence-electron chi connectivity index (χ2n) is 7.58. The van der Waals surface area contributed by atoms with Gasteiger partial charge in [0.15, 0.2) is 0 Å². The molecule has 0 saturated carbocycles. The van der Waals surface area contributed by atoms with Crippen molar-refractivity contribution in [2.75, 3.05) is 30.5 Å². The Bertz CT molecular complexity index is 976. The molecule has 0 radical (unpaired) electrons. The number of sulfone groups is 1. The van der Waals surface area contributed by atoms with Gasteiger partial charge in [0, 0.05) is 37.6 Å². The third-order valence-electron chi connectivity index (χ3n) is 5.13. The van der Waals surface area contributed by atoms with E-state index in [0.29, 0.717) is 25.4 Å². The fourth-order valence-corrected chi connectivity index (χ4v) is 4.17. The number of aromatic nitrogens is 1. The second kappa shape index (κ2) is 7.49. The van der Waals surface area contributed by atoms with E-state index >= 15 is 0 Å². The molecule has 1 aliphatic heterocycles. The van der Waals surface area contributed by atoms with Crippen LogP contribution in [-0.2, 0) is 16.4 Å². The first-order valence-corrected chi connectivity index (χ1v) is 10.5. The number of hydrogen-bond donors (Lipinski definition) is 1. The van der Waals surface area contributed by atoms with Crippen molar-refractivity contribution in [3.05, 3.63) is 48.3 Å². The van der Waals surface area contributed by atoms with Crippen molar-refractivity contribution in [1.29, 1.82) is 0 Å². The second-order valence-corrected chi connectivity index (χ2v) is 9.52. The summed E-state index contributed by atoms with van der Waals surface area (Å²) in [7, 11) is -3.51. The molecule has 29 heavy (non-hydrogen) atoms. The summed E-state index contributed by atoms with van der Waals surface area (Å²) in [4.78, 5) is 7.64. The van der Waals surface area contributed by atoms with E-state index < -0.39 is 20.2 Å². The Morgan fingerprint density at radius 1 is 1.17 bits per heavy atom. The number of alkyl halides is 3. The van der Waals surface area contributed by atoms with E-state index in [-0.39, 0.29) is 5.54 Å². The van der Waals surface area contributed by atoms with E-state index in [9.17, 15) is 21.6 Å². The number of pyridine rings is 1. The highest BCUT2D eigenvalue weighted by atomic mass is 32.2. The Hall–Kier alpha value is -2.33. The Labute approximate surface area is 168 Å². The van der Waals surface area contributed by atoms with Gasteiger partial charge < -0.3 is 10.2 Å². The van der Waals surface area contributed by atoms with Crippen LogP contribution in [0.1, 0.15) is 19.4 Å². The first kappa shape index (κ1) is 21.4. The molecule has 0 bridgehead atoms. The number of benzene rings is 1. The van der Waals surface area contributed by atoms with E-state index in [4.69, 9.17) is 0 Å². The molecular formula is C19H23F3N4O2S. The molecule has 3 rings (SSSR count). The summed E-state index contributed by atoms with van der Waals surface area (Å²) in [5, 5.41) is 3.12. The Kier molecular flexibility index (Phi) is 5.52. The molecule has 1 aromatic carbocycles. The standard InChI is InChI=1S/C19H23F3N4O2S/c1-18(2)12-25(13-26(18)11-14-8-9-24-10-17(14)23-3)15-4-6-16(7-5-15)29(27,28)19(20,21)22/h4-10,23H,11-13H2,1-3H3. The summed E-state index contributed by atoms with van der Waals surface area (Å²) in [6, 6.07) is 6.81. The molecule has 0 atom stereocenters. The first-order valence-electron chi connectivity index (χ1n) is 8.98. The maximum absolute atomic E-state index is 12.7. The highest BCUT2D eigenvalue weighted by Crippen LogP contribution is 2.34. The van der Waals surface area contributed by atoms with E-state index in [0.717, 1.165) is 23.4 Å². The van der Waals surface area contributed by atoms with Gasteiger partial charge in [-0.2, -0.15) is 13.2 Å². The average molecular weight is 428 g/mol. The lowest BCUT2D eigenvalue weighted by Gasteiger charge is -2.30. The molecule has 1 saturated heterocycles. The first-order chi connectivity index (χ1) is 13.5. The van der Waals surface area contributed by atoms with Gasteiger partial charge in [0.25, 0.3) is 9.84 Å². The number of nitrogens with one attached hydrogen (secondary N) is 1. The number of nitrogens with zero attached hydrogens (tertiary/aromatic N) is 3. The zero-order chi connectivity index (χ0) is 21.4. The van der Waals surface area contributed by atoms with Gasteiger partial charge in [0.05, 0.1) is 23.4 Å². The minimum atomic E-state index is -5.34. The molecule has 0 aliphatic carbocycles. The van der Waals surface area contributed by atoms with Crippen LogP contribution in [0.2, 0.25) is 0 Å². The average Bonchev–Trinajstić information content (AvgIpc) is 2.96. The van der Waals surface area contributed by atoms with Gasteiger partial charge in [-0.3, -0.25) is 9.88 Å². The van der Waals surface area contributed by atoms with Gasteiger partial charge in [-0.05, 0) is 49.7 Å². The molecular weight excluding hydrogens is 405 g/mol. The molecule has 1 aromatic heterocycles. The summed E-state index contributed by atoms with van der Waals surface area (Å²) >= 11 is 0. The highest BCUT2D eigenvalue weighted by Gasteiger charge is 2.47. The van der Waals surface area contributed by atoms with Gasteiger partial charge in [-0.25, -0.2) is 8.42 Å². The SMILES string of the molecule is CNc1cnccc1CN1CN(c2ccc(S(=O)(=O)C(F)(F)F)cc2)CC1(C)C. The van der Waals surface area contributed by atoms with Gasteiger partial charge in [-0.1, -0.05) is 0 Å². The summed E-state index contributed by atoms with van der Waals surface area (Å²) in [6.45, 7) is 6.07. The summed E-state index contributed by atoms with van der Waals surface area (Å²) in [6.07, 6.45) is 3.49. The summed E-state index contributed by atoms with van der Waals surface area (Å²) < 4.78 is 61.3. The monoisotopic (exact) mass is 428 g/mol. The molecule has 0 spiro atoms. The summed E-state index contributed by atoms with van der Waals surface area (Å²) in [5.41, 5.74) is -2.81. The van der Waals surface area contributed by atoms with Crippen molar-refractivity contribution in [2.45, 2.75) is 36.3 Å². The van der Waals surface area contributed by atoms with Gasteiger partial charge >= 0.3 is 5.51 Å². The van der Waals surface area contributed by atoms with Crippen LogP contribution in [-0.4, -0.2) is 49.6 Å². The van der Waals surface area contributed by atoms with Crippen molar-refractivity contribution < 1.29 is 21.6 Å². The molecule has 2 heterocycles. The zero-order valence-electron chi connectivity index (χ0n) is 16.4. The minimum Gasteiger partial charge on any atom is -0.387 e. The molecule has 10 heteroatoms. The topological polar surface area (TPSA) is 65.5 Å². The van der Waals surface area contributed by atoms with Crippen molar-refractivity contribution in [3.63, 3.8) is 0 Å². The van der Waals surface area contributed by atoms with Crippen LogP contribution in [0.15, 0.2) is 47.6 Å². The molecule has 0 amide bonds. The van der Waals surface area contributed by atoms with E-state index in [2.05, 4.69) is 29.0 Å². The molecule has 1 N–H and O–H groups in total. The lowest BCUT2D eigenvalue weighted by Crippen LogP contribution is -2.39. The molecule has 1 aliphatic rings. The largest absolute Gasteiger partial charge is 0.501 e. The quantitative estimate of drug-likeness (QED) is 0.787. The van der Waals surface area contributed by atoms with E-state index in [1.54, 1.807) is 12.4 Å². The van der Waals surface area contributed by atoms with Crippen LogP contribution in [0, 0.1) is 0 Å².